The number of esters is 1. The van der Waals surface area contributed by atoms with Crippen LogP contribution in [0.1, 0.15) is 27.8 Å². The number of sulfone groups is 1. The zero-order chi connectivity index (χ0) is 18.1. The molecule has 2 aromatic rings. The van der Waals surface area contributed by atoms with Crippen molar-refractivity contribution in [3.8, 4) is 5.75 Å². The normalized spacial score (nSPS) is 11.2. The second kappa shape index (κ2) is 6.62. The van der Waals surface area contributed by atoms with E-state index in [1.165, 1.54) is 6.92 Å². The summed E-state index contributed by atoms with van der Waals surface area (Å²) < 4.78 is 41.1. The second-order valence-electron chi connectivity index (χ2n) is 4.71. The van der Waals surface area contributed by atoms with Crippen molar-refractivity contribution in [2.24, 2.45) is 0 Å². The minimum Gasteiger partial charge on any atom is -0.421 e. The summed E-state index contributed by atoms with van der Waals surface area (Å²) in [6, 6.07) is 3.00. The Labute approximate surface area is 141 Å². The van der Waals surface area contributed by atoms with Gasteiger partial charge in [0.05, 0.1) is 16.8 Å². The van der Waals surface area contributed by atoms with Crippen LogP contribution in [0.3, 0.4) is 0 Å². The van der Waals surface area contributed by atoms with Gasteiger partial charge in [0.1, 0.15) is 11.6 Å². The van der Waals surface area contributed by atoms with Crippen LogP contribution >= 0.6 is 11.6 Å². The van der Waals surface area contributed by atoms with Gasteiger partial charge in [-0.2, -0.15) is 0 Å². The summed E-state index contributed by atoms with van der Waals surface area (Å²) in [6.45, 7) is 1.17. The van der Waals surface area contributed by atoms with Crippen molar-refractivity contribution in [2.75, 3.05) is 6.26 Å². The molecule has 10 heteroatoms. The zero-order valence-corrected chi connectivity index (χ0v) is 14.0. The quantitative estimate of drug-likeness (QED) is 0.350. The summed E-state index contributed by atoms with van der Waals surface area (Å²) in [5.74, 6) is -2.52. The third-order valence-electron chi connectivity index (χ3n) is 2.77. The Morgan fingerprint density at radius 2 is 1.96 bits per heavy atom. The van der Waals surface area contributed by atoms with Gasteiger partial charge in [0, 0.05) is 6.26 Å². The van der Waals surface area contributed by atoms with Crippen molar-refractivity contribution >= 4 is 33.2 Å². The second-order valence-corrected chi connectivity index (χ2v) is 7.02. The number of hydrogen-bond acceptors (Lipinski definition) is 7. The fourth-order valence-electron chi connectivity index (χ4n) is 1.69. The van der Waals surface area contributed by atoms with Crippen LogP contribution in [-0.4, -0.2) is 36.4 Å². The van der Waals surface area contributed by atoms with Gasteiger partial charge in [0.25, 0.3) is 0 Å². The summed E-state index contributed by atoms with van der Waals surface area (Å²) >= 11 is 5.79. The number of aromatic nitrogens is 2. The number of nitrogens with zero attached hydrogens (tertiary/aromatic N) is 2. The Balaban J connectivity index is 2.43. The Hall–Kier alpha value is -2.39. The minimum absolute atomic E-state index is 0.156. The van der Waals surface area contributed by atoms with E-state index in [2.05, 4.69) is 9.97 Å². The van der Waals surface area contributed by atoms with Gasteiger partial charge in [-0.1, -0.05) is 11.6 Å². The van der Waals surface area contributed by atoms with Gasteiger partial charge in [0.15, 0.2) is 11.5 Å². The van der Waals surface area contributed by atoms with E-state index in [4.69, 9.17) is 16.3 Å². The van der Waals surface area contributed by atoms with Gasteiger partial charge in [-0.05, 0) is 25.1 Å². The molecule has 1 aromatic heterocycles. The highest BCUT2D eigenvalue weighted by atomic mass is 35.5. The smallest absolute Gasteiger partial charge is 0.364 e. The highest BCUT2D eigenvalue weighted by Gasteiger charge is 2.22. The van der Waals surface area contributed by atoms with Gasteiger partial charge < -0.3 is 4.74 Å². The number of benzene rings is 1. The molecule has 0 aliphatic heterocycles. The molecule has 0 amide bonds. The molecule has 0 saturated heterocycles. The molecule has 0 atom stereocenters. The summed E-state index contributed by atoms with van der Waals surface area (Å²) in [4.78, 5) is 30.8. The first kappa shape index (κ1) is 18.0. The molecule has 0 saturated carbocycles. The number of ether oxygens (including phenoxy) is 1. The minimum atomic E-state index is -3.77. The SMILES string of the molecule is CC(=O)c1cc(F)ccc1OC(=O)c1nc(S(C)(=O)=O)ncc1Cl. The molecule has 1 aromatic carbocycles. The van der Waals surface area contributed by atoms with Crippen molar-refractivity contribution in [3.05, 3.63) is 46.5 Å². The van der Waals surface area contributed by atoms with E-state index in [-0.39, 0.29) is 16.3 Å². The van der Waals surface area contributed by atoms with Crippen LogP contribution < -0.4 is 4.74 Å². The summed E-state index contributed by atoms with van der Waals surface area (Å²) in [5, 5.41) is -0.844. The van der Waals surface area contributed by atoms with Crippen molar-refractivity contribution < 1.29 is 27.1 Å². The fraction of sp³-hybridized carbons (Fsp3) is 0.143. The molecule has 0 aliphatic rings. The van der Waals surface area contributed by atoms with Gasteiger partial charge >= 0.3 is 5.97 Å². The van der Waals surface area contributed by atoms with E-state index in [1.807, 2.05) is 0 Å². The highest BCUT2D eigenvalue weighted by molar-refractivity contribution is 7.90. The Kier molecular flexibility index (Phi) is 4.95. The Bertz CT molecular complexity index is 946. The number of carbonyl (C=O) groups is 2. The van der Waals surface area contributed by atoms with E-state index in [0.717, 1.165) is 30.7 Å². The number of Topliss-reactive ketones (excluding diaryl/α,β-unsaturated/α-hetero) is 1. The van der Waals surface area contributed by atoms with Crippen molar-refractivity contribution in [1.29, 1.82) is 0 Å². The van der Waals surface area contributed by atoms with Gasteiger partial charge in [-0.15, -0.1) is 0 Å². The van der Waals surface area contributed by atoms with Crippen LogP contribution in [0, 0.1) is 5.82 Å². The number of ketones is 1. The lowest BCUT2D eigenvalue weighted by Gasteiger charge is -2.09. The Morgan fingerprint density at radius 1 is 1.29 bits per heavy atom. The predicted molar refractivity (Wildman–Crippen MR) is 81.5 cm³/mol. The summed E-state index contributed by atoms with van der Waals surface area (Å²) in [5.41, 5.74) is -0.650. The maximum Gasteiger partial charge on any atom is 0.364 e. The predicted octanol–water partition coefficient (Wildman–Crippen LogP) is 2.09. The van der Waals surface area contributed by atoms with Crippen LogP contribution in [0.4, 0.5) is 4.39 Å². The van der Waals surface area contributed by atoms with Crippen LogP contribution in [-0.2, 0) is 9.84 Å². The Morgan fingerprint density at radius 3 is 2.54 bits per heavy atom. The molecule has 0 N–H and O–H groups in total. The van der Waals surface area contributed by atoms with Crippen molar-refractivity contribution in [1.82, 2.24) is 9.97 Å². The average molecular weight is 373 g/mol. The lowest BCUT2D eigenvalue weighted by molar-refractivity contribution is 0.0725. The largest absolute Gasteiger partial charge is 0.421 e. The first-order valence-corrected chi connectivity index (χ1v) is 8.62. The molecule has 0 unspecified atom stereocenters. The average Bonchev–Trinajstić information content (AvgIpc) is 2.48. The van der Waals surface area contributed by atoms with E-state index >= 15 is 0 Å². The lowest BCUT2D eigenvalue weighted by Crippen LogP contribution is -2.16. The summed E-state index contributed by atoms with van der Waals surface area (Å²) in [7, 11) is -3.77. The maximum atomic E-state index is 13.2. The zero-order valence-electron chi connectivity index (χ0n) is 12.4. The number of carbonyl (C=O) groups excluding carboxylic acids is 2. The van der Waals surface area contributed by atoms with Crippen molar-refractivity contribution in [2.45, 2.75) is 12.1 Å². The molecule has 0 aliphatic carbocycles. The van der Waals surface area contributed by atoms with Crippen LogP contribution in [0.25, 0.3) is 0 Å². The van der Waals surface area contributed by atoms with E-state index in [9.17, 15) is 22.4 Å². The molecule has 24 heavy (non-hydrogen) atoms. The molecule has 0 fully saturated rings. The number of halogens is 2. The summed E-state index contributed by atoms with van der Waals surface area (Å²) in [6.07, 6.45) is 1.80. The molecule has 126 valence electrons. The lowest BCUT2D eigenvalue weighted by atomic mass is 10.1. The van der Waals surface area contributed by atoms with Gasteiger partial charge in [0.2, 0.25) is 15.0 Å². The fourth-order valence-corrected chi connectivity index (χ4v) is 2.36. The van der Waals surface area contributed by atoms with Crippen LogP contribution in [0.15, 0.2) is 29.6 Å². The molecular formula is C14H10ClFN2O5S. The molecule has 0 spiro atoms. The van der Waals surface area contributed by atoms with Crippen LogP contribution in [0.2, 0.25) is 5.02 Å². The van der Waals surface area contributed by atoms with Crippen molar-refractivity contribution in [3.63, 3.8) is 0 Å². The topological polar surface area (TPSA) is 103 Å². The maximum absolute atomic E-state index is 13.2. The highest BCUT2D eigenvalue weighted by Crippen LogP contribution is 2.23. The number of hydrogen-bond donors (Lipinski definition) is 0. The van der Waals surface area contributed by atoms with Gasteiger partial charge in [-0.25, -0.2) is 27.6 Å². The molecule has 0 radical (unpaired) electrons. The van der Waals surface area contributed by atoms with Crippen LogP contribution in [0.5, 0.6) is 5.75 Å². The molecule has 0 bridgehead atoms. The molecule has 7 nitrogen and oxygen atoms in total. The molecule has 2 rings (SSSR count). The van der Waals surface area contributed by atoms with E-state index < -0.39 is 38.3 Å². The monoisotopic (exact) mass is 372 g/mol. The molecular weight excluding hydrogens is 363 g/mol. The first-order chi connectivity index (χ1) is 11.1. The standard InChI is InChI=1S/C14H10ClFN2O5S/c1-7(19)9-5-8(16)3-4-11(9)23-13(20)12-10(15)6-17-14(18-12)24(2,21)22/h3-6H,1-2H3. The van der Waals surface area contributed by atoms with Gasteiger partial charge in [-0.3, -0.25) is 4.79 Å². The number of rotatable bonds is 4. The van der Waals surface area contributed by atoms with E-state index in [0.29, 0.717) is 0 Å². The molecule has 1 heterocycles. The third kappa shape index (κ3) is 3.92. The first-order valence-electron chi connectivity index (χ1n) is 6.35. The third-order valence-corrected chi connectivity index (χ3v) is 3.91. The van der Waals surface area contributed by atoms with E-state index in [1.54, 1.807) is 0 Å².